The molecule has 3 aromatic rings. The molecule has 0 bridgehead atoms. The van der Waals surface area contributed by atoms with Crippen LogP contribution in [-0.4, -0.2) is 35.1 Å². The van der Waals surface area contributed by atoms with E-state index in [1.165, 1.54) is 11.2 Å². The molecule has 0 fully saturated rings. The molecular formula is C20H22N4O3S. The van der Waals surface area contributed by atoms with Crippen LogP contribution in [0, 0.1) is 13.8 Å². The highest BCUT2D eigenvalue weighted by Gasteiger charge is 2.19. The molecule has 1 aliphatic heterocycles. The zero-order chi connectivity index (χ0) is 19.7. The number of nitrogens with zero attached hydrogens (tertiary/aromatic N) is 2. The number of aromatic nitrogens is 2. The Morgan fingerprint density at radius 1 is 1.18 bits per heavy atom. The number of ether oxygens (including phenoxy) is 2. The largest absolute Gasteiger partial charge is 0.490 e. The van der Waals surface area contributed by atoms with Crippen LogP contribution < -0.4 is 20.1 Å². The van der Waals surface area contributed by atoms with Gasteiger partial charge in [-0.05, 0) is 38.5 Å². The fourth-order valence-corrected chi connectivity index (χ4v) is 4.05. The maximum absolute atomic E-state index is 12.7. The quantitative estimate of drug-likeness (QED) is 0.693. The molecule has 1 amide bonds. The van der Waals surface area contributed by atoms with Crippen LogP contribution in [0.3, 0.4) is 0 Å². The number of carbonyl (C=O) groups excluding carboxylic acids is 1. The van der Waals surface area contributed by atoms with Gasteiger partial charge in [0, 0.05) is 23.1 Å². The lowest BCUT2D eigenvalue weighted by Gasteiger charge is -2.16. The third kappa shape index (κ3) is 3.60. The van der Waals surface area contributed by atoms with E-state index in [9.17, 15) is 4.79 Å². The summed E-state index contributed by atoms with van der Waals surface area (Å²) in [6, 6.07) is 4.95. The summed E-state index contributed by atoms with van der Waals surface area (Å²) < 4.78 is 11.3. The Morgan fingerprint density at radius 3 is 2.79 bits per heavy atom. The van der Waals surface area contributed by atoms with Crippen molar-refractivity contribution in [2.75, 3.05) is 23.8 Å². The van der Waals surface area contributed by atoms with Crippen LogP contribution >= 0.6 is 11.3 Å². The summed E-state index contributed by atoms with van der Waals surface area (Å²) in [5.41, 5.74) is 1.80. The summed E-state index contributed by atoms with van der Waals surface area (Å²) in [6.07, 6.45) is 2.36. The molecule has 0 saturated carbocycles. The predicted molar refractivity (Wildman–Crippen MR) is 111 cm³/mol. The second-order valence-electron chi connectivity index (χ2n) is 6.75. The van der Waals surface area contributed by atoms with Crippen molar-refractivity contribution in [3.05, 3.63) is 35.0 Å². The van der Waals surface area contributed by atoms with Crippen molar-refractivity contribution >= 4 is 39.0 Å². The lowest BCUT2D eigenvalue weighted by molar-refractivity contribution is -0.116. The summed E-state index contributed by atoms with van der Waals surface area (Å²) in [7, 11) is 0. The molecule has 146 valence electrons. The number of rotatable bonds is 4. The fraction of sp³-hybridized carbons (Fsp3) is 0.350. The molecule has 0 unspecified atom stereocenters. The van der Waals surface area contributed by atoms with Gasteiger partial charge in [0.05, 0.1) is 18.6 Å². The van der Waals surface area contributed by atoms with E-state index in [0.29, 0.717) is 36.2 Å². The van der Waals surface area contributed by atoms with E-state index in [2.05, 4.69) is 27.5 Å². The Bertz CT molecular complexity index is 1030. The number of nitrogens with one attached hydrogen (secondary N) is 2. The third-order valence-electron chi connectivity index (χ3n) is 4.73. The van der Waals surface area contributed by atoms with Crippen LogP contribution in [0.15, 0.2) is 24.5 Å². The SMILES string of the molecule is Cc1sc2ncnc(N[C@@H](C)C(=O)Nc3ccc4c(c3)OCCCO4)c2c1C. The van der Waals surface area contributed by atoms with Gasteiger partial charge >= 0.3 is 0 Å². The van der Waals surface area contributed by atoms with Gasteiger partial charge in [-0.1, -0.05) is 0 Å². The van der Waals surface area contributed by atoms with E-state index in [0.717, 1.165) is 22.2 Å². The number of thiophene rings is 1. The Labute approximate surface area is 167 Å². The maximum Gasteiger partial charge on any atom is 0.246 e. The Hall–Kier alpha value is -2.87. The molecule has 0 aliphatic carbocycles. The van der Waals surface area contributed by atoms with E-state index in [4.69, 9.17) is 9.47 Å². The number of hydrogen-bond acceptors (Lipinski definition) is 7. The second-order valence-corrected chi connectivity index (χ2v) is 7.96. The number of anilines is 2. The van der Waals surface area contributed by atoms with Gasteiger partial charge in [-0.2, -0.15) is 0 Å². The van der Waals surface area contributed by atoms with Crippen LogP contribution in [0.1, 0.15) is 23.8 Å². The van der Waals surface area contributed by atoms with Crippen molar-refractivity contribution in [3.63, 3.8) is 0 Å². The first-order valence-electron chi connectivity index (χ1n) is 9.20. The summed E-state index contributed by atoms with van der Waals surface area (Å²) in [5, 5.41) is 7.11. The maximum atomic E-state index is 12.7. The molecule has 28 heavy (non-hydrogen) atoms. The number of amides is 1. The molecule has 1 aliphatic rings. The number of carbonyl (C=O) groups is 1. The van der Waals surface area contributed by atoms with Gasteiger partial charge in [0.2, 0.25) is 5.91 Å². The zero-order valence-corrected chi connectivity index (χ0v) is 16.9. The molecule has 0 saturated heterocycles. The highest BCUT2D eigenvalue weighted by Crippen LogP contribution is 2.34. The summed E-state index contributed by atoms with van der Waals surface area (Å²) in [6.45, 7) is 7.15. The number of hydrogen-bond donors (Lipinski definition) is 2. The van der Waals surface area contributed by atoms with Gasteiger partial charge in [-0.25, -0.2) is 9.97 Å². The van der Waals surface area contributed by atoms with Crippen molar-refractivity contribution in [1.82, 2.24) is 9.97 Å². The van der Waals surface area contributed by atoms with Gasteiger partial charge in [0.25, 0.3) is 0 Å². The minimum Gasteiger partial charge on any atom is -0.490 e. The average Bonchev–Trinajstić information content (AvgIpc) is 2.84. The Balaban J connectivity index is 1.49. The second kappa shape index (κ2) is 7.63. The Kier molecular flexibility index (Phi) is 5.04. The van der Waals surface area contributed by atoms with Gasteiger partial charge in [0.1, 0.15) is 23.0 Å². The van der Waals surface area contributed by atoms with E-state index >= 15 is 0 Å². The number of fused-ring (bicyclic) bond motifs is 2. The third-order valence-corrected chi connectivity index (χ3v) is 5.84. The van der Waals surface area contributed by atoms with Crippen molar-refractivity contribution in [3.8, 4) is 11.5 Å². The molecule has 0 spiro atoms. The minimum absolute atomic E-state index is 0.161. The highest BCUT2D eigenvalue weighted by atomic mass is 32.1. The molecular weight excluding hydrogens is 376 g/mol. The van der Waals surface area contributed by atoms with Crippen molar-refractivity contribution in [2.24, 2.45) is 0 Å². The van der Waals surface area contributed by atoms with Gasteiger partial charge in [-0.15, -0.1) is 11.3 Å². The van der Waals surface area contributed by atoms with Gasteiger partial charge in [0.15, 0.2) is 11.5 Å². The molecule has 4 rings (SSSR count). The molecule has 2 N–H and O–H groups in total. The molecule has 2 aromatic heterocycles. The first kappa shape index (κ1) is 18.5. The summed E-state index contributed by atoms with van der Waals surface area (Å²) in [4.78, 5) is 23.5. The number of aryl methyl sites for hydroxylation is 2. The lowest BCUT2D eigenvalue weighted by Crippen LogP contribution is -2.32. The van der Waals surface area contributed by atoms with E-state index in [1.54, 1.807) is 24.3 Å². The van der Waals surface area contributed by atoms with Gasteiger partial charge in [-0.3, -0.25) is 4.79 Å². The van der Waals surface area contributed by atoms with Crippen LogP contribution in [-0.2, 0) is 4.79 Å². The molecule has 1 atom stereocenters. The molecule has 3 heterocycles. The van der Waals surface area contributed by atoms with Crippen molar-refractivity contribution in [2.45, 2.75) is 33.2 Å². The summed E-state index contributed by atoms with van der Waals surface area (Å²) in [5.74, 6) is 1.87. The zero-order valence-electron chi connectivity index (χ0n) is 16.0. The van der Waals surface area contributed by atoms with Crippen LogP contribution in [0.5, 0.6) is 11.5 Å². The first-order chi connectivity index (χ1) is 13.5. The smallest absolute Gasteiger partial charge is 0.246 e. The standard InChI is InChI=1S/C20H22N4O3S/c1-11-13(3)28-20-17(11)18(21-10-22-20)23-12(2)19(25)24-14-5-6-15-16(9-14)27-8-4-7-26-15/h5-6,9-10,12H,4,7-8H2,1-3H3,(H,24,25)(H,21,22,23)/t12-/m0/s1. The topological polar surface area (TPSA) is 85.4 Å². The van der Waals surface area contributed by atoms with Crippen molar-refractivity contribution in [1.29, 1.82) is 0 Å². The predicted octanol–water partition coefficient (Wildman–Crippen LogP) is 3.91. The molecule has 1 aromatic carbocycles. The molecule has 7 nitrogen and oxygen atoms in total. The van der Waals surface area contributed by atoms with Crippen LogP contribution in [0.2, 0.25) is 0 Å². The number of benzene rings is 1. The minimum atomic E-state index is -0.478. The fourth-order valence-electron chi connectivity index (χ4n) is 3.05. The van der Waals surface area contributed by atoms with E-state index in [1.807, 2.05) is 19.1 Å². The summed E-state index contributed by atoms with van der Waals surface area (Å²) >= 11 is 1.63. The average molecular weight is 398 g/mol. The highest BCUT2D eigenvalue weighted by molar-refractivity contribution is 7.18. The first-order valence-corrected chi connectivity index (χ1v) is 10.0. The van der Waals surface area contributed by atoms with E-state index < -0.39 is 6.04 Å². The van der Waals surface area contributed by atoms with Crippen LogP contribution in [0.4, 0.5) is 11.5 Å². The Morgan fingerprint density at radius 2 is 1.96 bits per heavy atom. The normalized spacial score (nSPS) is 14.4. The molecule has 8 heteroatoms. The van der Waals surface area contributed by atoms with Crippen molar-refractivity contribution < 1.29 is 14.3 Å². The van der Waals surface area contributed by atoms with Crippen LogP contribution in [0.25, 0.3) is 10.2 Å². The monoisotopic (exact) mass is 398 g/mol. The lowest BCUT2D eigenvalue weighted by atomic mass is 10.2. The molecule has 0 radical (unpaired) electrons. The van der Waals surface area contributed by atoms with E-state index in [-0.39, 0.29) is 5.91 Å². The van der Waals surface area contributed by atoms with Gasteiger partial charge < -0.3 is 20.1 Å².